The summed E-state index contributed by atoms with van der Waals surface area (Å²) in [6.07, 6.45) is -0.204. The van der Waals surface area contributed by atoms with Crippen molar-refractivity contribution in [2.24, 2.45) is 23.2 Å². The molecule has 218 valence electrons. The van der Waals surface area contributed by atoms with Gasteiger partial charge in [-0.2, -0.15) is 33.7 Å². The average molecular weight is 575 g/mol. The molecule has 4 aliphatic rings. The van der Waals surface area contributed by atoms with Crippen molar-refractivity contribution in [3.05, 3.63) is 34.9 Å². The van der Waals surface area contributed by atoms with Crippen LogP contribution in [-0.4, -0.2) is 48.4 Å². The molecular weight excluding hydrogens is 535 g/mol. The number of fused-ring (bicyclic) bond motifs is 5. The summed E-state index contributed by atoms with van der Waals surface area (Å²) in [5.41, 5.74) is 2.81. The normalized spacial score (nSPS) is 34.9. The van der Waals surface area contributed by atoms with Gasteiger partial charge in [0.25, 0.3) is 0 Å². The van der Waals surface area contributed by atoms with Gasteiger partial charge in [-0.3, -0.25) is 4.79 Å². The Morgan fingerprint density at radius 1 is 1.10 bits per heavy atom. The fraction of sp³-hybridized carbons (Fsp3) is 0.767. The zero-order chi connectivity index (χ0) is 28.0. The first-order valence-electron chi connectivity index (χ1n) is 14.4. The summed E-state index contributed by atoms with van der Waals surface area (Å²) in [5.74, 6) is -3.64. The van der Waals surface area contributed by atoms with E-state index in [-0.39, 0.29) is 59.4 Å². The fourth-order valence-electron chi connectivity index (χ4n) is 7.81. The number of ketones is 1. The Labute approximate surface area is 232 Å². The smallest absolute Gasteiger partial charge is 0.353 e. The van der Waals surface area contributed by atoms with Gasteiger partial charge in [-0.25, -0.2) is 0 Å². The molecule has 3 fully saturated rings. The molecule has 0 spiro atoms. The number of aryl methyl sites for hydroxylation is 1. The number of hydrogen-bond acceptors (Lipinski definition) is 4. The summed E-state index contributed by atoms with van der Waals surface area (Å²) in [6.45, 7) is 4.99. The third-order valence-corrected chi connectivity index (χ3v) is 11.0. The Kier molecular flexibility index (Phi) is 8.45. The minimum Gasteiger partial charge on any atom is -0.353 e. The Hall–Kier alpha value is -1.19. The molecule has 1 heterocycles. The molecule has 0 bridgehead atoms. The third kappa shape index (κ3) is 5.66. The van der Waals surface area contributed by atoms with E-state index in [0.29, 0.717) is 5.75 Å². The van der Waals surface area contributed by atoms with Crippen LogP contribution in [0, 0.1) is 30.1 Å². The maximum absolute atomic E-state index is 13.9. The van der Waals surface area contributed by atoms with Gasteiger partial charge in [-0.05, 0) is 98.8 Å². The van der Waals surface area contributed by atoms with Crippen molar-refractivity contribution in [1.82, 2.24) is 0 Å². The molecule has 2 saturated carbocycles. The molecule has 0 radical (unpaired) electrons. The molecule has 9 heteroatoms. The minimum absolute atomic E-state index is 0.0685. The van der Waals surface area contributed by atoms with Crippen LogP contribution in [-0.2, 0) is 9.47 Å². The quantitative estimate of drug-likeness (QED) is 0.231. The second-order valence-electron chi connectivity index (χ2n) is 12.3. The zero-order valence-corrected chi connectivity index (χ0v) is 23.5. The number of Topliss-reactive ketones (excluding diaryl/α,β-unsaturated/α-hetero) is 1. The maximum Gasteiger partial charge on any atom is 0.453 e. The molecule has 1 aromatic carbocycles. The van der Waals surface area contributed by atoms with Crippen LogP contribution in [0.1, 0.15) is 92.1 Å². The molecule has 7 unspecified atom stereocenters. The standard InChI is InChI=1S/C30H39F5O3S/c1-18-7-8-19-20-11-13-28(2)23(9-10-24(28)38-25-6-3-4-14-37-25)26(20)22(27(36)21(19)16-18)17-39-15-5-12-29(31,32)30(33,34)35/h7-8,16,20,22-26H,3-6,9-15,17H2,1-2H3. The lowest BCUT2D eigenvalue weighted by Crippen LogP contribution is -2.50. The van der Waals surface area contributed by atoms with Crippen molar-refractivity contribution in [2.45, 2.75) is 102 Å². The van der Waals surface area contributed by atoms with E-state index in [9.17, 15) is 26.7 Å². The van der Waals surface area contributed by atoms with E-state index in [1.807, 2.05) is 13.0 Å². The van der Waals surface area contributed by atoms with Gasteiger partial charge in [0.15, 0.2) is 12.1 Å². The van der Waals surface area contributed by atoms with E-state index in [1.165, 1.54) is 11.8 Å². The van der Waals surface area contributed by atoms with Crippen LogP contribution in [0.15, 0.2) is 18.2 Å². The van der Waals surface area contributed by atoms with Crippen LogP contribution in [0.2, 0.25) is 0 Å². The van der Waals surface area contributed by atoms with Crippen molar-refractivity contribution in [2.75, 3.05) is 18.1 Å². The highest BCUT2D eigenvalue weighted by Crippen LogP contribution is 2.63. The highest BCUT2D eigenvalue weighted by molar-refractivity contribution is 7.99. The van der Waals surface area contributed by atoms with E-state index in [2.05, 4.69) is 19.1 Å². The third-order valence-electron chi connectivity index (χ3n) is 9.87. The lowest BCUT2D eigenvalue weighted by atomic mass is 9.52. The van der Waals surface area contributed by atoms with Crippen molar-refractivity contribution < 1.29 is 36.2 Å². The molecule has 1 saturated heterocycles. The zero-order valence-electron chi connectivity index (χ0n) is 22.7. The lowest BCUT2D eigenvalue weighted by molar-refractivity contribution is -0.284. The minimum atomic E-state index is -5.53. The van der Waals surface area contributed by atoms with E-state index >= 15 is 0 Å². The van der Waals surface area contributed by atoms with Gasteiger partial charge in [-0.15, -0.1) is 0 Å². The Morgan fingerprint density at radius 2 is 1.90 bits per heavy atom. The SMILES string of the molecule is Cc1ccc2c(c1)C(=O)C(CSCCCC(F)(F)C(F)(F)F)C1C2CCC2(C)C(OC3CCCCO3)CCC12. The average Bonchev–Trinajstić information content (AvgIpc) is 3.21. The topological polar surface area (TPSA) is 35.5 Å². The maximum atomic E-state index is 13.9. The molecule has 5 rings (SSSR count). The monoisotopic (exact) mass is 574 g/mol. The van der Waals surface area contributed by atoms with Gasteiger partial charge < -0.3 is 9.47 Å². The molecular formula is C30H39F5O3S. The molecule has 0 amide bonds. The molecule has 1 aliphatic heterocycles. The summed E-state index contributed by atoms with van der Waals surface area (Å²) < 4.78 is 76.9. The second-order valence-corrected chi connectivity index (χ2v) is 13.4. The van der Waals surface area contributed by atoms with Gasteiger partial charge in [0.1, 0.15) is 0 Å². The molecule has 39 heavy (non-hydrogen) atoms. The second kappa shape index (κ2) is 11.2. The Balaban J connectivity index is 1.33. The van der Waals surface area contributed by atoms with E-state index in [0.717, 1.165) is 68.2 Å². The number of alkyl halides is 5. The van der Waals surface area contributed by atoms with Crippen LogP contribution < -0.4 is 0 Å². The van der Waals surface area contributed by atoms with Gasteiger partial charge in [-0.1, -0.05) is 24.6 Å². The van der Waals surface area contributed by atoms with E-state index < -0.39 is 18.5 Å². The number of ether oxygens (including phenoxy) is 2. The number of halogens is 5. The van der Waals surface area contributed by atoms with Crippen LogP contribution in [0.4, 0.5) is 22.0 Å². The molecule has 7 atom stereocenters. The Bertz CT molecular complexity index is 1040. The summed E-state index contributed by atoms with van der Waals surface area (Å²) in [5, 5.41) is 0. The highest BCUT2D eigenvalue weighted by Gasteiger charge is 2.59. The van der Waals surface area contributed by atoms with Gasteiger partial charge >= 0.3 is 12.1 Å². The fourth-order valence-corrected chi connectivity index (χ4v) is 8.96. The van der Waals surface area contributed by atoms with Gasteiger partial charge in [0, 0.05) is 30.3 Å². The highest BCUT2D eigenvalue weighted by atomic mass is 32.2. The summed E-state index contributed by atoms with van der Waals surface area (Å²) in [7, 11) is 0. The van der Waals surface area contributed by atoms with Crippen LogP contribution in [0.5, 0.6) is 0 Å². The van der Waals surface area contributed by atoms with Crippen LogP contribution >= 0.6 is 11.8 Å². The van der Waals surface area contributed by atoms with Crippen LogP contribution in [0.3, 0.4) is 0 Å². The molecule has 3 nitrogen and oxygen atoms in total. The number of thioether (sulfide) groups is 1. The number of carbonyl (C=O) groups is 1. The van der Waals surface area contributed by atoms with E-state index in [4.69, 9.17) is 9.47 Å². The first kappa shape index (κ1) is 29.3. The first-order valence-corrected chi connectivity index (χ1v) is 15.5. The predicted octanol–water partition coefficient (Wildman–Crippen LogP) is 8.34. The summed E-state index contributed by atoms with van der Waals surface area (Å²) in [4.78, 5) is 13.9. The van der Waals surface area contributed by atoms with Crippen molar-refractivity contribution in [3.8, 4) is 0 Å². The lowest BCUT2D eigenvalue weighted by Gasteiger charge is -2.53. The van der Waals surface area contributed by atoms with E-state index in [1.54, 1.807) is 0 Å². The molecule has 0 N–H and O–H groups in total. The van der Waals surface area contributed by atoms with Crippen LogP contribution in [0.25, 0.3) is 0 Å². The molecule has 0 aromatic heterocycles. The van der Waals surface area contributed by atoms with Gasteiger partial charge in [0.2, 0.25) is 0 Å². The summed E-state index contributed by atoms with van der Waals surface area (Å²) >= 11 is 1.34. The number of rotatable bonds is 8. The number of carbonyl (C=O) groups excluding carboxylic acids is 1. The van der Waals surface area contributed by atoms with Crippen molar-refractivity contribution in [1.29, 1.82) is 0 Å². The largest absolute Gasteiger partial charge is 0.453 e. The van der Waals surface area contributed by atoms with Gasteiger partial charge in [0.05, 0.1) is 6.10 Å². The predicted molar refractivity (Wildman–Crippen MR) is 141 cm³/mol. The molecule has 3 aliphatic carbocycles. The number of benzene rings is 1. The van der Waals surface area contributed by atoms with Crippen molar-refractivity contribution in [3.63, 3.8) is 0 Å². The number of hydrogen-bond donors (Lipinski definition) is 0. The molecule has 1 aromatic rings. The first-order chi connectivity index (χ1) is 18.4. The summed E-state index contributed by atoms with van der Waals surface area (Å²) in [6, 6.07) is 6.13. The Morgan fingerprint density at radius 3 is 2.62 bits per heavy atom. The van der Waals surface area contributed by atoms with Crippen molar-refractivity contribution >= 4 is 17.5 Å².